The highest BCUT2D eigenvalue weighted by molar-refractivity contribution is 5.75. The van der Waals surface area contributed by atoms with E-state index in [1.807, 2.05) is 31.2 Å². The molecular weight excluding hydrogens is 278 g/mol. The largest absolute Gasteiger partial charge is 0.355 e. The Hall–Kier alpha value is -2.43. The summed E-state index contributed by atoms with van der Waals surface area (Å²) >= 11 is 0. The van der Waals surface area contributed by atoms with Crippen LogP contribution in [0.3, 0.4) is 0 Å². The van der Waals surface area contributed by atoms with E-state index in [0.717, 1.165) is 24.0 Å². The second kappa shape index (κ2) is 7.54. The minimum Gasteiger partial charge on any atom is -0.355 e. The first-order chi connectivity index (χ1) is 10.6. The van der Waals surface area contributed by atoms with Crippen molar-refractivity contribution in [1.29, 1.82) is 0 Å². The fraction of sp³-hybridized carbons (Fsp3) is 0.353. The smallest absolute Gasteiger partial charge is 0.254 e. The lowest BCUT2D eigenvalue weighted by atomic mass is 10.1. The number of unbranched alkanes of at least 4 members (excludes halogenated alkanes) is 1. The predicted octanol–water partition coefficient (Wildman–Crippen LogP) is 2.14. The van der Waals surface area contributed by atoms with Gasteiger partial charge in [0.1, 0.15) is 6.54 Å². The summed E-state index contributed by atoms with van der Waals surface area (Å²) < 4.78 is 1.32. The first-order valence-corrected chi connectivity index (χ1v) is 7.50. The number of rotatable bonds is 6. The number of benzene rings is 1. The zero-order chi connectivity index (χ0) is 15.9. The highest BCUT2D eigenvalue weighted by Crippen LogP contribution is 2.15. The standard InChI is InChI=1S/C17H21N3O2/c1-3-4-9-18-16(21)11-20-12-19-15(10-17(20)22)14-7-5-13(2)6-8-14/h5-8,10,12H,3-4,9,11H2,1-2H3,(H,18,21). The van der Waals surface area contributed by atoms with Gasteiger partial charge in [-0.1, -0.05) is 43.2 Å². The first kappa shape index (κ1) is 15.9. The fourth-order valence-corrected chi connectivity index (χ4v) is 2.04. The van der Waals surface area contributed by atoms with E-state index in [-0.39, 0.29) is 18.0 Å². The molecule has 1 amide bonds. The van der Waals surface area contributed by atoms with E-state index in [9.17, 15) is 9.59 Å². The molecule has 0 radical (unpaired) electrons. The van der Waals surface area contributed by atoms with Crippen LogP contribution in [0.5, 0.6) is 0 Å². The van der Waals surface area contributed by atoms with Crippen molar-refractivity contribution in [2.75, 3.05) is 6.54 Å². The van der Waals surface area contributed by atoms with Crippen LogP contribution in [0.15, 0.2) is 41.5 Å². The topological polar surface area (TPSA) is 64.0 Å². The minimum absolute atomic E-state index is 0.00370. The Kier molecular flexibility index (Phi) is 5.47. The molecular formula is C17H21N3O2. The molecule has 1 heterocycles. The molecule has 0 aliphatic rings. The van der Waals surface area contributed by atoms with Gasteiger partial charge in [-0.3, -0.25) is 14.2 Å². The van der Waals surface area contributed by atoms with Gasteiger partial charge in [0.25, 0.3) is 5.56 Å². The highest BCUT2D eigenvalue weighted by atomic mass is 16.2. The molecule has 5 heteroatoms. The third-order valence-electron chi connectivity index (χ3n) is 3.39. The summed E-state index contributed by atoms with van der Waals surface area (Å²) in [5, 5.41) is 2.79. The number of nitrogens with zero attached hydrogens (tertiary/aromatic N) is 2. The van der Waals surface area contributed by atoms with Gasteiger partial charge in [0.15, 0.2) is 0 Å². The van der Waals surface area contributed by atoms with Crippen molar-refractivity contribution in [3.63, 3.8) is 0 Å². The summed E-state index contributed by atoms with van der Waals surface area (Å²) in [6.07, 6.45) is 3.38. The van der Waals surface area contributed by atoms with Crippen LogP contribution in [-0.4, -0.2) is 22.0 Å². The molecule has 0 unspecified atom stereocenters. The van der Waals surface area contributed by atoms with E-state index in [2.05, 4.69) is 17.2 Å². The first-order valence-electron chi connectivity index (χ1n) is 7.50. The Bertz CT molecular complexity index is 690. The summed E-state index contributed by atoms with van der Waals surface area (Å²) in [5.74, 6) is -0.166. The van der Waals surface area contributed by atoms with Crippen molar-refractivity contribution in [2.24, 2.45) is 0 Å². The number of carbonyl (C=O) groups excluding carboxylic acids is 1. The summed E-state index contributed by atoms with van der Waals surface area (Å²) in [4.78, 5) is 28.1. The molecule has 5 nitrogen and oxygen atoms in total. The van der Waals surface area contributed by atoms with E-state index < -0.39 is 0 Å². The molecule has 0 bridgehead atoms. The Morgan fingerprint density at radius 2 is 2.00 bits per heavy atom. The monoisotopic (exact) mass is 299 g/mol. The molecule has 1 aromatic heterocycles. The van der Waals surface area contributed by atoms with E-state index >= 15 is 0 Å². The zero-order valence-electron chi connectivity index (χ0n) is 13.0. The van der Waals surface area contributed by atoms with E-state index in [1.54, 1.807) is 0 Å². The molecule has 0 saturated carbocycles. The SMILES string of the molecule is CCCCNC(=O)Cn1cnc(-c2ccc(C)cc2)cc1=O. The maximum absolute atomic E-state index is 12.1. The van der Waals surface area contributed by atoms with Crippen molar-refractivity contribution in [3.05, 3.63) is 52.6 Å². The second-order valence-corrected chi connectivity index (χ2v) is 5.31. The Balaban J connectivity index is 2.08. The molecule has 0 fully saturated rings. The molecule has 2 rings (SSSR count). The van der Waals surface area contributed by atoms with Crippen LogP contribution in [0.2, 0.25) is 0 Å². The summed E-state index contributed by atoms with van der Waals surface area (Å²) in [5.41, 5.74) is 2.44. The van der Waals surface area contributed by atoms with Crippen molar-refractivity contribution in [3.8, 4) is 11.3 Å². The maximum Gasteiger partial charge on any atom is 0.254 e. The zero-order valence-corrected chi connectivity index (χ0v) is 13.0. The Morgan fingerprint density at radius 1 is 1.27 bits per heavy atom. The number of hydrogen-bond acceptors (Lipinski definition) is 3. The van der Waals surface area contributed by atoms with Gasteiger partial charge < -0.3 is 5.32 Å². The summed E-state index contributed by atoms with van der Waals surface area (Å²) in [6.45, 7) is 4.71. The number of hydrogen-bond donors (Lipinski definition) is 1. The molecule has 0 atom stereocenters. The van der Waals surface area contributed by atoms with Gasteiger partial charge in [-0.05, 0) is 13.3 Å². The van der Waals surface area contributed by atoms with Gasteiger partial charge in [-0.15, -0.1) is 0 Å². The molecule has 0 aliphatic carbocycles. The third kappa shape index (κ3) is 4.28. The van der Waals surface area contributed by atoms with E-state index in [4.69, 9.17) is 0 Å². The number of aromatic nitrogens is 2. The lowest BCUT2D eigenvalue weighted by Crippen LogP contribution is -2.32. The number of amides is 1. The normalized spacial score (nSPS) is 10.5. The number of aryl methyl sites for hydroxylation is 1. The van der Waals surface area contributed by atoms with Crippen molar-refractivity contribution in [2.45, 2.75) is 33.2 Å². The van der Waals surface area contributed by atoms with Crippen LogP contribution in [0.1, 0.15) is 25.3 Å². The van der Waals surface area contributed by atoms with Gasteiger partial charge in [0, 0.05) is 18.2 Å². The summed E-state index contributed by atoms with van der Waals surface area (Å²) in [6, 6.07) is 9.27. The van der Waals surface area contributed by atoms with Crippen molar-refractivity contribution in [1.82, 2.24) is 14.9 Å². The van der Waals surface area contributed by atoms with Gasteiger partial charge >= 0.3 is 0 Å². The van der Waals surface area contributed by atoms with Crippen molar-refractivity contribution < 1.29 is 4.79 Å². The fourth-order valence-electron chi connectivity index (χ4n) is 2.04. The van der Waals surface area contributed by atoms with Gasteiger partial charge in [0.2, 0.25) is 5.91 Å². The lowest BCUT2D eigenvalue weighted by Gasteiger charge is -2.07. The van der Waals surface area contributed by atoms with Gasteiger partial charge in [0.05, 0.1) is 12.0 Å². The van der Waals surface area contributed by atoms with Crippen LogP contribution in [0, 0.1) is 6.92 Å². The lowest BCUT2D eigenvalue weighted by molar-refractivity contribution is -0.121. The Labute approximate surface area is 130 Å². The molecule has 0 aliphatic heterocycles. The average molecular weight is 299 g/mol. The van der Waals surface area contributed by atoms with Crippen molar-refractivity contribution >= 4 is 5.91 Å². The molecule has 1 aromatic carbocycles. The Morgan fingerprint density at radius 3 is 2.64 bits per heavy atom. The van der Waals surface area contributed by atoms with Crippen LogP contribution in [-0.2, 0) is 11.3 Å². The molecule has 2 aromatic rings. The average Bonchev–Trinajstić information content (AvgIpc) is 2.50. The van der Waals surface area contributed by atoms with E-state index in [0.29, 0.717) is 12.2 Å². The van der Waals surface area contributed by atoms with Crippen LogP contribution in [0.4, 0.5) is 0 Å². The molecule has 0 spiro atoms. The van der Waals surface area contributed by atoms with Gasteiger partial charge in [-0.2, -0.15) is 0 Å². The number of nitrogens with one attached hydrogen (secondary N) is 1. The van der Waals surface area contributed by atoms with E-state index in [1.165, 1.54) is 17.0 Å². The van der Waals surface area contributed by atoms with Crippen LogP contribution in [0.25, 0.3) is 11.3 Å². The second-order valence-electron chi connectivity index (χ2n) is 5.31. The third-order valence-corrected chi connectivity index (χ3v) is 3.39. The van der Waals surface area contributed by atoms with Crippen LogP contribution < -0.4 is 10.9 Å². The predicted molar refractivity (Wildman–Crippen MR) is 86.6 cm³/mol. The quantitative estimate of drug-likeness (QED) is 0.831. The van der Waals surface area contributed by atoms with Gasteiger partial charge in [-0.25, -0.2) is 4.98 Å². The molecule has 1 N–H and O–H groups in total. The number of carbonyl (C=O) groups is 1. The maximum atomic E-state index is 12.1. The van der Waals surface area contributed by atoms with Crippen LogP contribution >= 0.6 is 0 Å². The molecule has 0 saturated heterocycles. The molecule has 116 valence electrons. The summed E-state index contributed by atoms with van der Waals surface area (Å²) in [7, 11) is 0. The molecule has 22 heavy (non-hydrogen) atoms. The highest BCUT2D eigenvalue weighted by Gasteiger charge is 2.06. The minimum atomic E-state index is -0.226.